The van der Waals surface area contributed by atoms with E-state index in [0.717, 1.165) is 10.9 Å². The summed E-state index contributed by atoms with van der Waals surface area (Å²) in [5.41, 5.74) is 6.87. The molecule has 0 aliphatic heterocycles. The Morgan fingerprint density at radius 3 is 2.67 bits per heavy atom. The summed E-state index contributed by atoms with van der Waals surface area (Å²) in [7, 11) is 0. The van der Waals surface area contributed by atoms with Gasteiger partial charge in [0.25, 0.3) is 0 Å². The summed E-state index contributed by atoms with van der Waals surface area (Å²) < 4.78 is 0. The summed E-state index contributed by atoms with van der Waals surface area (Å²) in [6.45, 7) is 7.63. The number of anilines is 2. The number of benzene rings is 1. The molecule has 0 radical (unpaired) electrons. The van der Waals surface area contributed by atoms with Crippen molar-refractivity contribution < 1.29 is 4.79 Å². The number of hydrogen-bond donors (Lipinski definition) is 3. The number of aromatic nitrogens is 2. The second kappa shape index (κ2) is 5.55. The lowest BCUT2D eigenvalue weighted by Gasteiger charge is -2.24. The first-order valence-electron chi connectivity index (χ1n) is 6.85. The molecule has 0 spiro atoms. The summed E-state index contributed by atoms with van der Waals surface area (Å²) in [6, 6.07) is 5.01. The molecule has 1 unspecified atom stereocenters. The van der Waals surface area contributed by atoms with Crippen LogP contribution in [0.25, 0.3) is 10.9 Å². The summed E-state index contributed by atoms with van der Waals surface area (Å²) in [5, 5.41) is 6.89. The van der Waals surface area contributed by atoms with Crippen molar-refractivity contribution in [1.82, 2.24) is 15.3 Å². The van der Waals surface area contributed by atoms with E-state index in [2.05, 4.69) is 20.6 Å². The van der Waals surface area contributed by atoms with Crippen LogP contribution in [-0.4, -0.2) is 27.5 Å². The van der Waals surface area contributed by atoms with Crippen LogP contribution >= 0.6 is 0 Å². The molecule has 112 valence electrons. The summed E-state index contributed by atoms with van der Waals surface area (Å²) in [4.78, 5) is 20.5. The van der Waals surface area contributed by atoms with Crippen LogP contribution in [0.15, 0.2) is 24.5 Å². The minimum absolute atomic E-state index is 0.0790. The first kappa shape index (κ1) is 15.0. The second-order valence-corrected chi connectivity index (χ2v) is 6.10. The fourth-order valence-electron chi connectivity index (χ4n) is 1.94. The maximum atomic E-state index is 12.1. The summed E-state index contributed by atoms with van der Waals surface area (Å²) in [6.07, 6.45) is 1.46. The van der Waals surface area contributed by atoms with Crippen molar-refractivity contribution in [3.8, 4) is 0 Å². The van der Waals surface area contributed by atoms with Crippen LogP contribution in [0.4, 0.5) is 11.5 Å². The molecule has 0 aliphatic rings. The van der Waals surface area contributed by atoms with Gasteiger partial charge in [0.2, 0.25) is 5.91 Å². The Morgan fingerprint density at radius 1 is 1.29 bits per heavy atom. The van der Waals surface area contributed by atoms with Gasteiger partial charge in [-0.15, -0.1) is 0 Å². The van der Waals surface area contributed by atoms with E-state index in [1.807, 2.05) is 26.8 Å². The molecule has 4 N–H and O–H groups in total. The van der Waals surface area contributed by atoms with Gasteiger partial charge in [0.1, 0.15) is 18.2 Å². The lowest BCUT2D eigenvalue weighted by atomic mass is 10.1. The van der Waals surface area contributed by atoms with Crippen LogP contribution in [0.5, 0.6) is 0 Å². The van der Waals surface area contributed by atoms with Crippen molar-refractivity contribution in [3.63, 3.8) is 0 Å². The Hall–Kier alpha value is -2.37. The molecule has 2 aromatic rings. The van der Waals surface area contributed by atoms with E-state index in [0.29, 0.717) is 11.5 Å². The first-order valence-corrected chi connectivity index (χ1v) is 6.85. The highest BCUT2D eigenvalue weighted by Crippen LogP contribution is 2.21. The zero-order chi connectivity index (χ0) is 15.6. The molecular weight excluding hydrogens is 266 g/mol. The predicted octanol–water partition coefficient (Wildman–Crippen LogP) is 1.93. The number of carbonyl (C=O) groups is 1. The molecule has 0 saturated carbocycles. The molecule has 1 amide bonds. The van der Waals surface area contributed by atoms with Crippen molar-refractivity contribution in [2.75, 3.05) is 11.1 Å². The maximum absolute atomic E-state index is 12.1. The van der Waals surface area contributed by atoms with Crippen molar-refractivity contribution in [1.29, 1.82) is 0 Å². The van der Waals surface area contributed by atoms with Gasteiger partial charge in [0.05, 0.1) is 5.52 Å². The molecule has 21 heavy (non-hydrogen) atoms. The Balaban J connectivity index is 2.22. The zero-order valence-corrected chi connectivity index (χ0v) is 12.8. The molecule has 6 nitrogen and oxygen atoms in total. The van der Waals surface area contributed by atoms with Crippen LogP contribution in [0.1, 0.15) is 27.7 Å². The molecular formula is C15H21N5O. The van der Waals surface area contributed by atoms with E-state index >= 15 is 0 Å². The van der Waals surface area contributed by atoms with E-state index in [1.54, 1.807) is 19.1 Å². The SMILES string of the molecule is CC(Nc1ncnc2cc(N)ccc12)C(=O)NC(C)(C)C. The maximum Gasteiger partial charge on any atom is 0.242 e. The number of rotatable bonds is 3. The monoisotopic (exact) mass is 287 g/mol. The number of fused-ring (bicyclic) bond motifs is 1. The molecule has 2 rings (SSSR count). The highest BCUT2D eigenvalue weighted by molar-refractivity contribution is 5.93. The highest BCUT2D eigenvalue weighted by atomic mass is 16.2. The van der Waals surface area contributed by atoms with Gasteiger partial charge in [0.15, 0.2) is 0 Å². The number of amides is 1. The van der Waals surface area contributed by atoms with Gasteiger partial charge in [-0.25, -0.2) is 9.97 Å². The Bertz CT molecular complexity index is 663. The van der Waals surface area contributed by atoms with Crippen molar-refractivity contribution in [3.05, 3.63) is 24.5 Å². The Kier molecular flexibility index (Phi) is 3.97. The number of nitrogen functional groups attached to an aromatic ring is 1. The van der Waals surface area contributed by atoms with Crippen molar-refractivity contribution in [2.24, 2.45) is 0 Å². The van der Waals surface area contributed by atoms with Gasteiger partial charge >= 0.3 is 0 Å². The average Bonchev–Trinajstić information content (AvgIpc) is 2.36. The molecule has 0 fully saturated rings. The zero-order valence-electron chi connectivity index (χ0n) is 12.8. The fourth-order valence-corrected chi connectivity index (χ4v) is 1.94. The smallest absolute Gasteiger partial charge is 0.242 e. The van der Waals surface area contributed by atoms with Crippen LogP contribution in [0.2, 0.25) is 0 Å². The molecule has 1 aromatic carbocycles. The number of nitrogens with two attached hydrogens (primary N) is 1. The van der Waals surface area contributed by atoms with E-state index in [1.165, 1.54) is 6.33 Å². The number of hydrogen-bond acceptors (Lipinski definition) is 5. The van der Waals surface area contributed by atoms with Gasteiger partial charge < -0.3 is 16.4 Å². The third-order valence-electron chi connectivity index (χ3n) is 2.91. The largest absolute Gasteiger partial charge is 0.399 e. The van der Waals surface area contributed by atoms with Crippen molar-refractivity contribution >= 4 is 28.3 Å². The van der Waals surface area contributed by atoms with Crippen LogP contribution in [0, 0.1) is 0 Å². The van der Waals surface area contributed by atoms with E-state index in [4.69, 9.17) is 5.73 Å². The lowest BCUT2D eigenvalue weighted by Crippen LogP contribution is -2.47. The van der Waals surface area contributed by atoms with Gasteiger partial charge in [-0.3, -0.25) is 4.79 Å². The van der Waals surface area contributed by atoms with Gasteiger partial charge in [-0.1, -0.05) is 0 Å². The number of nitrogens with one attached hydrogen (secondary N) is 2. The van der Waals surface area contributed by atoms with Crippen LogP contribution < -0.4 is 16.4 Å². The van der Waals surface area contributed by atoms with E-state index in [-0.39, 0.29) is 11.4 Å². The average molecular weight is 287 g/mol. The minimum atomic E-state index is -0.403. The Morgan fingerprint density at radius 2 is 2.00 bits per heavy atom. The molecule has 0 saturated heterocycles. The molecule has 1 aromatic heterocycles. The van der Waals surface area contributed by atoms with Crippen LogP contribution in [0.3, 0.4) is 0 Å². The van der Waals surface area contributed by atoms with Crippen molar-refractivity contribution in [2.45, 2.75) is 39.3 Å². The van der Waals surface area contributed by atoms with E-state index in [9.17, 15) is 4.79 Å². The number of carbonyl (C=O) groups excluding carboxylic acids is 1. The minimum Gasteiger partial charge on any atom is -0.399 e. The normalized spacial score (nSPS) is 13.0. The molecule has 1 atom stereocenters. The van der Waals surface area contributed by atoms with Gasteiger partial charge in [0, 0.05) is 16.6 Å². The standard InChI is InChI=1S/C15H21N5O/c1-9(14(21)20-15(2,3)4)19-13-11-6-5-10(16)7-12(11)17-8-18-13/h5-9H,16H2,1-4H3,(H,20,21)(H,17,18,19). The molecule has 1 heterocycles. The number of nitrogens with zero attached hydrogens (tertiary/aromatic N) is 2. The Labute approximate surface area is 124 Å². The third-order valence-corrected chi connectivity index (χ3v) is 2.91. The molecule has 0 bridgehead atoms. The quantitative estimate of drug-likeness (QED) is 0.750. The predicted molar refractivity (Wildman–Crippen MR) is 84.9 cm³/mol. The lowest BCUT2D eigenvalue weighted by molar-refractivity contribution is -0.122. The van der Waals surface area contributed by atoms with Crippen LogP contribution in [-0.2, 0) is 4.79 Å². The first-order chi connectivity index (χ1) is 9.76. The highest BCUT2D eigenvalue weighted by Gasteiger charge is 2.20. The fraction of sp³-hybridized carbons (Fsp3) is 0.400. The van der Waals surface area contributed by atoms with Gasteiger partial charge in [-0.2, -0.15) is 0 Å². The summed E-state index contributed by atoms with van der Waals surface area (Å²) in [5.74, 6) is 0.543. The second-order valence-electron chi connectivity index (χ2n) is 6.10. The molecule has 0 aliphatic carbocycles. The topological polar surface area (TPSA) is 92.9 Å². The summed E-state index contributed by atoms with van der Waals surface area (Å²) >= 11 is 0. The van der Waals surface area contributed by atoms with E-state index < -0.39 is 6.04 Å². The third kappa shape index (κ3) is 3.81. The van der Waals surface area contributed by atoms with Gasteiger partial charge in [-0.05, 0) is 45.9 Å². The molecule has 6 heteroatoms.